The number of piperidine rings is 1. The highest BCUT2D eigenvalue weighted by Gasteiger charge is 2.27. The third-order valence-corrected chi connectivity index (χ3v) is 5.68. The number of hydrogen-bond acceptors (Lipinski definition) is 4. The Labute approximate surface area is 170 Å². The van der Waals surface area contributed by atoms with E-state index in [0.717, 1.165) is 30.1 Å². The van der Waals surface area contributed by atoms with Gasteiger partial charge in [-0.25, -0.2) is 0 Å². The van der Waals surface area contributed by atoms with E-state index in [2.05, 4.69) is 6.07 Å². The van der Waals surface area contributed by atoms with Crippen molar-refractivity contribution in [2.24, 2.45) is 5.92 Å². The molecule has 0 aliphatic carbocycles. The lowest BCUT2D eigenvalue weighted by Crippen LogP contribution is -2.39. The zero-order valence-electron chi connectivity index (χ0n) is 16.6. The van der Waals surface area contributed by atoms with Gasteiger partial charge in [0.05, 0.1) is 13.7 Å². The van der Waals surface area contributed by atoms with E-state index in [1.165, 1.54) is 5.56 Å². The Kier molecular flexibility index (Phi) is 5.65. The minimum atomic E-state index is -0.0341. The maximum absolute atomic E-state index is 12.7. The first-order valence-corrected chi connectivity index (χ1v) is 10.0. The summed E-state index contributed by atoms with van der Waals surface area (Å²) in [4.78, 5) is 27.1. The summed E-state index contributed by atoms with van der Waals surface area (Å²) in [6.07, 6.45) is 5.79. The van der Waals surface area contributed by atoms with E-state index in [1.54, 1.807) is 13.2 Å². The number of Topliss-reactive ketones (excluding diaryl/α,β-unsaturated/α-hetero) is 1. The number of hydrogen-bond donors (Lipinski definition) is 0. The molecule has 0 aromatic heterocycles. The molecule has 0 N–H and O–H groups in total. The van der Waals surface area contributed by atoms with Crippen LogP contribution in [0.15, 0.2) is 48.5 Å². The third-order valence-electron chi connectivity index (χ3n) is 5.68. The van der Waals surface area contributed by atoms with Gasteiger partial charge >= 0.3 is 0 Å². The number of nitrogens with zero attached hydrogens (tertiary/aromatic N) is 1. The molecule has 5 heteroatoms. The number of amides is 1. The Morgan fingerprint density at radius 3 is 2.59 bits per heavy atom. The molecule has 2 heterocycles. The van der Waals surface area contributed by atoms with Gasteiger partial charge in [-0.2, -0.15) is 0 Å². The highest BCUT2D eigenvalue weighted by atomic mass is 16.5. The predicted octanol–water partition coefficient (Wildman–Crippen LogP) is 3.76. The molecule has 2 aliphatic rings. The van der Waals surface area contributed by atoms with E-state index < -0.39 is 0 Å². The van der Waals surface area contributed by atoms with Crippen molar-refractivity contribution in [3.8, 4) is 11.5 Å². The third kappa shape index (κ3) is 4.34. The maximum atomic E-state index is 12.7. The second-order valence-electron chi connectivity index (χ2n) is 7.49. The molecule has 5 nitrogen and oxygen atoms in total. The first kappa shape index (κ1) is 19.2. The summed E-state index contributed by atoms with van der Waals surface area (Å²) in [5.41, 5.74) is 2.90. The fourth-order valence-corrected chi connectivity index (χ4v) is 3.94. The molecule has 0 bridgehead atoms. The monoisotopic (exact) mass is 391 g/mol. The summed E-state index contributed by atoms with van der Waals surface area (Å²) in [5.74, 6) is 1.79. The summed E-state index contributed by atoms with van der Waals surface area (Å²) in [7, 11) is 1.61. The van der Waals surface area contributed by atoms with Crippen molar-refractivity contribution in [2.75, 3.05) is 26.8 Å². The number of likely N-dealkylation sites (tertiary alicyclic amines) is 1. The normalized spacial score (nSPS) is 16.5. The highest BCUT2D eigenvalue weighted by Crippen LogP contribution is 2.27. The van der Waals surface area contributed by atoms with E-state index in [1.807, 2.05) is 47.4 Å². The lowest BCUT2D eigenvalue weighted by atomic mass is 9.89. The molecule has 2 aromatic carbocycles. The minimum Gasteiger partial charge on any atom is -0.497 e. The van der Waals surface area contributed by atoms with Crippen LogP contribution in [0.3, 0.4) is 0 Å². The topological polar surface area (TPSA) is 55.8 Å². The van der Waals surface area contributed by atoms with Crippen LogP contribution in [0.2, 0.25) is 0 Å². The molecule has 2 aliphatic heterocycles. The lowest BCUT2D eigenvalue weighted by Gasteiger charge is -2.30. The second kappa shape index (κ2) is 8.52. The molecule has 0 atom stereocenters. The highest BCUT2D eigenvalue weighted by molar-refractivity contribution is 5.98. The van der Waals surface area contributed by atoms with E-state index in [9.17, 15) is 9.59 Å². The molecule has 0 unspecified atom stereocenters. The van der Waals surface area contributed by atoms with Gasteiger partial charge in [-0.15, -0.1) is 0 Å². The van der Waals surface area contributed by atoms with Crippen molar-refractivity contribution in [2.45, 2.75) is 19.3 Å². The average Bonchev–Trinajstić information content (AvgIpc) is 3.25. The molecule has 4 rings (SSSR count). The predicted molar refractivity (Wildman–Crippen MR) is 111 cm³/mol. The second-order valence-corrected chi connectivity index (χ2v) is 7.49. The molecule has 1 saturated heterocycles. The fraction of sp³-hybridized carbons (Fsp3) is 0.333. The number of fused-ring (bicyclic) bond motifs is 1. The summed E-state index contributed by atoms with van der Waals surface area (Å²) in [5, 5.41) is 0. The van der Waals surface area contributed by atoms with Crippen LogP contribution in [0.1, 0.15) is 34.3 Å². The van der Waals surface area contributed by atoms with Crippen molar-refractivity contribution >= 4 is 17.8 Å². The van der Waals surface area contributed by atoms with Crippen LogP contribution in [-0.2, 0) is 11.2 Å². The number of ketones is 1. The van der Waals surface area contributed by atoms with E-state index in [-0.39, 0.29) is 17.6 Å². The van der Waals surface area contributed by atoms with Crippen LogP contribution < -0.4 is 9.47 Å². The summed E-state index contributed by atoms with van der Waals surface area (Å²) >= 11 is 0. The van der Waals surface area contributed by atoms with Gasteiger partial charge in [0.1, 0.15) is 11.5 Å². The van der Waals surface area contributed by atoms with E-state index in [0.29, 0.717) is 31.5 Å². The molecular weight excluding hydrogens is 366 g/mol. The van der Waals surface area contributed by atoms with Crippen LogP contribution in [-0.4, -0.2) is 43.4 Å². The number of methoxy groups -OCH3 is 1. The maximum Gasteiger partial charge on any atom is 0.246 e. The Bertz CT molecular complexity index is 924. The summed E-state index contributed by atoms with van der Waals surface area (Å²) in [6, 6.07) is 13.2. The Balaban J connectivity index is 1.31. The molecule has 2 aromatic rings. The van der Waals surface area contributed by atoms with Crippen LogP contribution in [0.5, 0.6) is 11.5 Å². The standard InChI is InChI=1S/C24H25NO4/c1-28-21-6-4-18(5-7-21)24(27)19-10-13-25(14-11-19)23(26)9-3-17-2-8-22-20(16-17)12-15-29-22/h2-9,16,19H,10-15H2,1H3. The van der Waals surface area contributed by atoms with Gasteiger partial charge in [-0.3, -0.25) is 9.59 Å². The number of benzene rings is 2. The van der Waals surface area contributed by atoms with E-state index in [4.69, 9.17) is 9.47 Å². The first-order valence-electron chi connectivity index (χ1n) is 10.0. The van der Waals surface area contributed by atoms with Gasteiger partial charge in [0.2, 0.25) is 5.91 Å². The zero-order chi connectivity index (χ0) is 20.2. The molecular formula is C24H25NO4. The minimum absolute atomic E-state index is 0.00269. The van der Waals surface area contributed by atoms with Crippen LogP contribution >= 0.6 is 0 Å². The van der Waals surface area contributed by atoms with Gasteiger partial charge in [0.25, 0.3) is 0 Å². The van der Waals surface area contributed by atoms with Crippen molar-refractivity contribution in [1.82, 2.24) is 4.90 Å². The number of carbonyl (C=O) groups excluding carboxylic acids is 2. The molecule has 0 saturated carbocycles. The molecule has 0 radical (unpaired) electrons. The van der Waals surface area contributed by atoms with Crippen molar-refractivity contribution in [3.63, 3.8) is 0 Å². The van der Waals surface area contributed by atoms with Gasteiger partial charge in [-0.05, 0) is 66.4 Å². The Hall–Kier alpha value is -3.08. The van der Waals surface area contributed by atoms with Crippen LogP contribution in [0, 0.1) is 5.92 Å². The van der Waals surface area contributed by atoms with Gasteiger partial charge in [-0.1, -0.05) is 6.07 Å². The van der Waals surface area contributed by atoms with Crippen molar-refractivity contribution in [1.29, 1.82) is 0 Å². The quantitative estimate of drug-likeness (QED) is 0.575. The Morgan fingerprint density at radius 2 is 1.86 bits per heavy atom. The summed E-state index contributed by atoms with van der Waals surface area (Å²) < 4.78 is 10.7. The van der Waals surface area contributed by atoms with Gasteiger partial charge in [0.15, 0.2) is 5.78 Å². The smallest absolute Gasteiger partial charge is 0.246 e. The van der Waals surface area contributed by atoms with Crippen LogP contribution in [0.4, 0.5) is 0 Å². The molecule has 0 spiro atoms. The van der Waals surface area contributed by atoms with Crippen molar-refractivity contribution < 1.29 is 19.1 Å². The zero-order valence-corrected chi connectivity index (χ0v) is 16.6. The SMILES string of the molecule is COc1ccc(C(=O)C2CCN(C(=O)C=Cc3ccc4c(c3)CCO4)CC2)cc1. The first-order chi connectivity index (χ1) is 14.1. The number of ether oxygens (including phenoxy) is 2. The molecule has 29 heavy (non-hydrogen) atoms. The number of carbonyl (C=O) groups is 2. The Morgan fingerprint density at radius 1 is 1.10 bits per heavy atom. The van der Waals surface area contributed by atoms with Gasteiger partial charge in [0, 0.05) is 37.1 Å². The fourth-order valence-electron chi connectivity index (χ4n) is 3.94. The molecule has 1 fully saturated rings. The average molecular weight is 391 g/mol. The summed E-state index contributed by atoms with van der Waals surface area (Å²) in [6.45, 7) is 1.94. The molecule has 1 amide bonds. The molecule has 150 valence electrons. The number of rotatable bonds is 5. The lowest BCUT2D eigenvalue weighted by molar-refractivity contribution is -0.127. The van der Waals surface area contributed by atoms with Crippen LogP contribution in [0.25, 0.3) is 6.08 Å². The van der Waals surface area contributed by atoms with Gasteiger partial charge < -0.3 is 14.4 Å². The largest absolute Gasteiger partial charge is 0.497 e. The van der Waals surface area contributed by atoms with Crippen molar-refractivity contribution in [3.05, 3.63) is 65.2 Å². The van der Waals surface area contributed by atoms with E-state index >= 15 is 0 Å².